The zero-order chi connectivity index (χ0) is 18.4. The van der Waals surface area contributed by atoms with Crippen LogP contribution in [0.2, 0.25) is 0 Å². The molecule has 26 heavy (non-hydrogen) atoms. The highest BCUT2D eigenvalue weighted by atomic mass is 19.1. The van der Waals surface area contributed by atoms with E-state index in [1.54, 1.807) is 6.07 Å². The average molecular weight is 356 g/mol. The molecular weight excluding hydrogens is 339 g/mol. The molecule has 2 aromatic rings. The second-order valence-corrected chi connectivity index (χ2v) is 6.48. The van der Waals surface area contributed by atoms with Gasteiger partial charge in [0.2, 0.25) is 0 Å². The Morgan fingerprint density at radius 2 is 2.08 bits per heavy atom. The van der Waals surface area contributed by atoms with E-state index in [4.69, 9.17) is 9.47 Å². The second kappa shape index (κ2) is 6.10. The molecule has 0 atom stereocenters. The highest BCUT2D eigenvalue weighted by Crippen LogP contribution is 2.37. The predicted molar refractivity (Wildman–Crippen MR) is 92.1 cm³/mol. The molecule has 2 aliphatic heterocycles. The summed E-state index contributed by atoms with van der Waals surface area (Å²) in [6.45, 7) is 4.24. The van der Waals surface area contributed by atoms with E-state index in [-0.39, 0.29) is 25.7 Å². The van der Waals surface area contributed by atoms with Crippen molar-refractivity contribution in [2.45, 2.75) is 27.0 Å². The van der Waals surface area contributed by atoms with Crippen molar-refractivity contribution < 1.29 is 23.9 Å². The van der Waals surface area contributed by atoms with E-state index in [1.165, 1.54) is 17.0 Å². The van der Waals surface area contributed by atoms with E-state index in [9.17, 15) is 14.4 Å². The lowest BCUT2D eigenvalue weighted by Crippen LogP contribution is -2.30. The normalized spacial score (nSPS) is 17.3. The number of anilines is 1. The molecular formula is C19H17FN2O4. The summed E-state index contributed by atoms with van der Waals surface area (Å²) in [6.07, 6.45) is 0. The number of hydrogen-bond acceptors (Lipinski definition) is 5. The molecule has 134 valence electrons. The first-order valence-electron chi connectivity index (χ1n) is 8.17. The summed E-state index contributed by atoms with van der Waals surface area (Å²) in [5.74, 6) is -0.316. The van der Waals surface area contributed by atoms with Crippen LogP contribution in [0.15, 0.2) is 29.4 Å². The number of aryl methyl sites for hydroxylation is 2. The first kappa shape index (κ1) is 16.5. The molecule has 0 saturated heterocycles. The van der Waals surface area contributed by atoms with Crippen LogP contribution in [0.4, 0.5) is 10.1 Å². The standard InChI is InChI=1S/C19H17FN2O4/c1-10-3-11(2)17-15(4-10)16(21-24)19(23)22(17)7-12-5-14(20)6-13-8-25-9-26-18(12)13/h3-6,24H,7-9H2,1-2H3/b21-16-. The summed E-state index contributed by atoms with van der Waals surface area (Å²) in [5.41, 5.74) is 4.21. The summed E-state index contributed by atoms with van der Waals surface area (Å²) in [7, 11) is 0. The fraction of sp³-hybridized carbons (Fsp3) is 0.263. The number of fused-ring (bicyclic) bond motifs is 2. The van der Waals surface area contributed by atoms with Gasteiger partial charge in [-0.15, -0.1) is 0 Å². The number of ether oxygens (including phenoxy) is 2. The molecule has 0 fully saturated rings. The first-order valence-corrected chi connectivity index (χ1v) is 8.17. The van der Waals surface area contributed by atoms with Gasteiger partial charge in [-0.1, -0.05) is 16.8 Å². The van der Waals surface area contributed by atoms with Crippen LogP contribution in [0.25, 0.3) is 0 Å². The highest BCUT2D eigenvalue weighted by molar-refractivity contribution is 6.54. The van der Waals surface area contributed by atoms with E-state index in [0.717, 1.165) is 11.1 Å². The van der Waals surface area contributed by atoms with Crippen LogP contribution in [0.1, 0.15) is 27.8 Å². The highest BCUT2D eigenvalue weighted by Gasteiger charge is 2.37. The average Bonchev–Trinajstić information content (AvgIpc) is 2.86. The number of carbonyl (C=O) groups is 1. The van der Waals surface area contributed by atoms with Gasteiger partial charge in [0.25, 0.3) is 5.91 Å². The van der Waals surface area contributed by atoms with E-state index in [0.29, 0.717) is 28.1 Å². The van der Waals surface area contributed by atoms with Crippen LogP contribution in [0.3, 0.4) is 0 Å². The maximum absolute atomic E-state index is 14.0. The minimum Gasteiger partial charge on any atom is -0.467 e. The number of halogens is 1. The number of rotatable bonds is 2. The van der Waals surface area contributed by atoms with Crippen LogP contribution >= 0.6 is 0 Å². The maximum atomic E-state index is 14.0. The van der Waals surface area contributed by atoms with Crippen LogP contribution in [-0.2, 0) is 22.7 Å². The molecule has 1 amide bonds. The van der Waals surface area contributed by atoms with Crippen molar-refractivity contribution in [2.75, 3.05) is 11.7 Å². The number of benzene rings is 2. The Hall–Kier alpha value is -2.93. The Morgan fingerprint density at radius 1 is 1.27 bits per heavy atom. The molecule has 0 unspecified atom stereocenters. The molecule has 0 bridgehead atoms. The zero-order valence-corrected chi connectivity index (χ0v) is 14.4. The Morgan fingerprint density at radius 3 is 2.85 bits per heavy atom. The van der Waals surface area contributed by atoms with E-state index in [1.807, 2.05) is 19.9 Å². The molecule has 0 aliphatic carbocycles. The SMILES string of the molecule is Cc1cc(C)c2c(c1)/C(=N/O)C(=O)N2Cc1cc(F)cc2c1OCOC2. The van der Waals surface area contributed by atoms with Gasteiger partial charge in [-0.25, -0.2) is 4.39 Å². The minimum absolute atomic E-state index is 0.0127. The van der Waals surface area contributed by atoms with E-state index < -0.39 is 11.7 Å². The van der Waals surface area contributed by atoms with Crippen molar-refractivity contribution in [2.24, 2.45) is 5.16 Å². The van der Waals surface area contributed by atoms with Gasteiger partial charge in [0.15, 0.2) is 12.5 Å². The van der Waals surface area contributed by atoms with Gasteiger partial charge in [0, 0.05) is 16.7 Å². The fourth-order valence-corrected chi connectivity index (χ4v) is 3.64. The maximum Gasteiger partial charge on any atom is 0.281 e. The number of amides is 1. The van der Waals surface area contributed by atoms with E-state index >= 15 is 0 Å². The monoisotopic (exact) mass is 356 g/mol. The molecule has 0 saturated carbocycles. The molecule has 7 heteroatoms. The third kappa shape index (κ3) is 2.52. The third-order valence-electron chi connectivity index (χ3n) is 4.60. The third-order valence-corrected chi connectivity index (χ3v) is 4.60. The topological polar surface area (TPSA) is 71.4 Å². The number of carbonyl (C=O) groups excluding carboxylic acids is 1. The summed E-state index contributed by atoms with van der Waals surface area (Å²) in [6, 6.07) is 6.48. The summed E-state index contributed by atoms with van der Waals surface area (Å²) in [5, 5.41) is 12.5. The quantitative estimate of drug-likeness (QED) is 0.663. The molecule has 6 nitrogen and oxygen atoms in total. The van der Waals surface area contributed by atoms with Crippen LogP contribution < -0.4 is 9.64 Å². The lowest BCUT2D eigenvalue weighted by molar-refractivity contribution is -0.112. The largest absolute Gasteiger partial charge is 0.467 e. The Balaban J connectivity index is 1.82. The van der Waals surface area contributed by atoms with Gasteiger partial charge >= 0.3 is 0 Å². The Labute approximate surface area is 149 Å². The lowest BCUT2D eigenvalue weighted by Gasteiger charge is -2.24. The first-order chi connectivity index (χ1) is 12.5. The molecule has 0 aromatic heterocycles. The lowest BCUT2D eigenvalue weighted by atomic mass is 10.0. The predicted octanol–water partition coefficient (Wildman–Crippen LogP) is 3.03. The Bertz CT molecular complexity index is 955. The second-order valence-electron chi connectivity index (χ2n) is 6.48. The number of oxime groups is 1. The van der Waals surface area contributed by atoms with E-state index in [2.05, 4.69) is 5.16 Å². The van der Waals surface area contributed by atoms with Gasteiger partial charge in [-0.05, 0) is 37.6 Å². The van der Waals surface area contributed by atoms with Crippen molar-refractivity contribution in [3.8, 4) is 5.75 Å². The summed E-state index contributed by atoms with van der Waals surface area (Å²) >= 11 is 0. The molecule has 4 rings (SSSR count). The van der Waals surface area contributed by atoms with Crippen LogP contribution in [-0.4, -0.2) is 23.6 Å². The number of hydrogen-bond donors (Lipinski definition) is 1. The molecule has 0 radical (unpaired) electrons. The molecule has 0 spiro atoms. The van der Waals surface area contributed by atoms with Crippen molar-refractivity contribution in [3.05, 3.63) is 57.9 Å². The minimum atomic E-state index is -0.429. The van der Waals surface area contributed by atoms with Gasteiger partial charge < -0.3 is 19.6 Å². The van der Waals surface area contributed by atoms with Gasteiger partial charge in [0.05, 0.1) is 18.8 Å². The fourth-order valence-electron chi connectivity index (χ4n) is 3.64. The molecule has 2 aliphatic rings. The Kier molecular flexibility index (Phi) is 3.88. The smallest absolute Gasteiger partial charge is 0.281 e. The van der Waals surface area contributed by atoms with Crippen molar-refractivity contribution in [1.82, 2.24) is 0 Å². The van der Waals surface area contributed by atoms with Gasteiger partial charge in [-0.3, -0.25) is 4.79 Å². The molecule has 2 aromatic carbocycles. The summed E-state index contributed by atoms with van der Waals surface area (Å²) in [4.78, 5) is 14.3. The van der Waals surface area contributed by atoms with Crippen molar-refractivity contribution in [1.29, 1.82) is 0 Å². The zero-order valence-electron chi connectivity index (χ0n) is 14.4. The van der Waals surface area contributed by atoms with Crippen molar-refractivity contribution in [3.63, 3.8) is 0 Å². The summed E-state index contributed by atoms with van der Waals surface area (Å²) < 4.78 is 24.8. The van der Waals surface area contributed by atoms with Crippen molar-refractivity contribution >= 4 is 17.3 Å². The number of nitrogens with zero attached hydrogens (tertiary/aromatic N) is 2. The molecule has 2 heterocycles. The molecule has 1 N–H and O–H groups in total. The van der Waals surface area contributed by atoms with Gasteiger partial charge in [0.1, 0.15) is 11.6 Å². The van der Waals surface area contributed by atoms with Gasteiger partial charge in [-0.2, -0.15) is 0 Å². The van der Waals surface area contributed by atoms with Crippen LogP contribution in [0, 0.1) is 19.7 Å². The van der Waals surface area contributed by atoms with Crippen LogP contribution in [0.5, 0.6) is 5.75 Å².